The van der Waals surface area contributed by atoms with Gasteiger partial charge in [0.25, 0.3) is 0 Å². The molecule has 3 aromatic carbocycles. The van der Waals surface area contributed by atoms with Gasteiger partial charge in [-0.3, -0.25) is 4.84 Å². The number of rotatable bonds is 1. The summed E-state index contributed by atoms with van der Waals surface area (Å²) >= 11 is 0. The van der Waals surface area contributed by atoms with E-state index in [0.29, 0.717) is 11.4 Å². The van der Waals surface area contributed by atoms with Gasteiger partial charge in [0.1, 0.15) is 11.4 Å². The lowest BCUT2D eigenvalue weighted by molar-refractivity contribution is -0.220. The lowest BCUT2D eigenvalue weighted by Crippen LogP contribution is -2.44. The molecule has 0 saturated carbocycles. The first-order valence-electron chi connectivity index (χ1n) is 11.7. The van der Waals surface area contributed by atoms with Crippen LogP contribution in [0.1, 0.15) is 40.7 Å². The number of nitrogens with zero attached hydrogens (tertiary/aromatic N) is 2. The van der Waals surface area contributed by atoms with Crippen LogP contribution in [0.15, 0.2) is 78.6 Å². The van der Waals surface area contributed by atoms with Crippen molar-refractivity contribution in [3.63, 3.8) is 0 Å². The molecule has 2 unspecified atom stereocenters. The van der Waals surface area contributed by atoms with Crippen LogP contribution >= 0.6 is 0 Å². The van der Waals surface area contributed by atoms with Gasteiger partial charge in [-0.25, -0.2) is 5.06 Å². The molecule has 6 rings (SSSR count). The lowest BCUT2D eigenvalue weighted by Gasteiger charge is -2.42. The fourth-order valence-electron chi connectivity index (χ4n) is 6.29. The van der Waals surface area contributed by atoms with Gasteiger partial charge in [0.2, 0.25) is 0 Å². The first-order valence-corrected chi connectivity index (χ1v) is 11.7. The number of nitrogens with two attached hydrogens (primary N) is 1. The minimum absolute atomic E-state index is 0.0928. The van der Waals surface area contributed by atoms with Gasteiger partial charge in [0.15, 0.2) is 0 Å². The van der Waals surface area contributed by atoms with Crippen LogP contribution in [0.25, 0.3) is 11.1 Å². The third-order valence-corrected chi connectivity index (χ3v) is 7.90. The molecule has 4 heteroatoms. The molecule has 0 amide bonds. The van der Waals surface area contributed by atoms with E-state index in [1.807, 2.05) is 25.2 Å². The fourth-order valence-corrected chi connectivity index (χ4v) is 6.29. The Labute approximate surface area is 194 Å². The molecule has 1 heterocycles. The van der Waals surface area contributed by atoms with E-state index >= 15 is 0 Å². The average Bonchev–Trinajstić information content (AvgIpc) is 3.18. The van der Waals surface area contributed by atoms with E-state index < -0.39 is 5.60 Å². The lowest BCUT2D eigenvalue weighted by atomic mass is 9.66. The maximum atomic E-state index is 9.37. The van der Waals surface area contributed by atoms with Gasteiger partial charge >= 0.3 is 0 Å². The molecule has 2 aliphatic carbocycles. The minimum atomic E-state index is -0.596. The highest BCUT2D eigenvalue weighted by atomic mass is 16.7. The third kappa shape index (κ3) is 2.93. The van der Waals surface area contributed by atoms with Crippen LogP contribution in [0.5, 0.6) is 0 Å². The van der Waals surface area contributed by atoms with Crippen molar-refractivity contribution in [1.29, 1.82) is 5.26 Å². The Hall–Kier alpha value is -3.55. The zero-order chi connectivity index (χ0) is 22.6. The van der Waals surface area contributed by atoms with Gasteiger partial charge in [-0.2, -0.15) is 5.26 Å². The summed E-state index contributed by atoms with van der Waals surface area (Å²) < 4.78 is 0. The molecule has 0 radical (unpaired) electrons. The van der Waals surface area contributed by atoms with Crippen LogP contribution in [0.2, 0.25) is 0 Å². The molecular weight excluding hydrogens is 406 g/mol. The predicted octanol–water partition coefficient (Wildman–Crippen LogP) is 5.22. The maximum Gasteiger partial charge on any atom is 0.150 e. The fraction of sp³-hybridized carbons (Fsp3) is 0.276. The first kappa shape index (κ1) is 20.1. The molecule has 0 aromatic heterocycles. The largest absolute Gasteiger partial charge is 0.384 e. The summed E-state index contributed by atoms with van der Waals surface area (Å²) in [4.78, 5) is 6.71. The third-order valence-electron chi connectivity index (χ3n) is 7.90. The molecule has 0 fully saturated rings. The summed E-state index contributed by atoms with van der Waals surface area (Å²) in [5, 5.41) is 11.1. The van der Waals surface area contributed by atoms with E-state index in [0.717, 1.165) is 43.2 Å². The highest BCUT2D eigenvalue weighted by molar-refractivity contribution is 5.68. The first-order chi connectivity index (χ1) is 16.0. The summed E-state index contributed by atoms with van der Waals surface area (Å²) in [5.41, 5.74) is 14.0. The number of benzene rings is 3. The van der Waals surface area contributed by atoms with E-state index in [2.05, 4.69) is 60.7 Å². The smallest absolute Gasteiger partial charge is 0.150 e. The highest BCUT2D eigenvalue weighted by Crippen LogP contribution is 2.61. The molecule has 4 nitrogen and oxygen atoms in total. The van der Waals surface area contributed by atoms with E-state index in [4.69, 9.17) is 10.6 Å². The monoisotopic (exact) mass is 433 g/mol. The van der Waals surface area contributed by atoms with Crippen LogP contribution < -0.4 is 5.73 Å². The zero-order valence-corrected chi connectivity index (χ0v) is 18.8. The summed E-state index contributed by atoms with van der Waals surface area (Å²) in [6.07, 6.45) is 7.40. The van der Waals surface area contributed by atoms with Crippen molar-refractivity contribution in [2.24, 2.45) is 11.1 Å². The standard InChI is InChI=1S/C29H27N3O/c1-32-27(31)18-29(33-32)26-15-23(22-9-4-6-20(14-22)19-30)11-12-25(26)17-28(29)13-5-10-21-7-2-3-8-24(21)16-28/h2-4,6-9,11-12,14-15,18H,5,10,13,16-17,31H2,1H3. The number of hydrogen-bond acceptors (Lipinski definition) is 4. The van der Waals surface area contributed by atoms with E-state index in [-0.39, 0.29) is 5.41 Å². The van der Waals surface area contributed by atoms with Crippen molar-refractivity contribution < 1.29 is 4.84 Å². The Bertz CT molecular complexity index is 1340. The summed E-state index contributed by atoms with van der Waals surface area (Å²) in [6, 6.07) is 25.6. The molecule has 164 valence electrons. The molecule has 3 aliphatic rings. The van der Waals surface area contributed by atoms with Gasteiger partial charge in [-0.15, -0.1) is 0 Å². The summed E-state index contributed by atoms with van der Waals surface area (Å²) in [5.74, 6) is 0.664. The minimum Gasteiger partial charge on any atom is -0.384 e. The number of aryl methyl sites for hydroxylation is 1. The van der Waals surface area contributed by atoms with Crippen molar-refractivity contribution in [2.75, 3.05) is 7.05 Å². The van der Waals surface area contributed by atoms with Gasteiger partial charge in [0, 0.05) is 12.5 Å². The number of hydrogen-bond donors (Lipinski definition) is 1. The SMILES string of the molecule is CN1OC2(C=C1N)c1cc(-c3cccc(C#N)c3)ccc1CC21CCCc2ccccc2C1. The molecule has 2 atom stereocenters. The molecule has 2 spiro atoms. The molecule has 0 saturated heterocycles. The second kappa shape index (κ2) is 7.23. The van der Waals surface area contributed by atoms with E-state index in [1.54, 1.807) is 5.06 Å². The number of fused-ring (bicyclic) bond motifs is 4. The van der Waals surface area contributed by atoms with E-state index in [9.17, 15) is 5.26 Å². The topological polar surface area (TPSA) is 62.3 Å². The second-order valence-corrected chi connectivity index (χ2v) is 9.71. The van der Waals surface area contributed by atoms with Gasteiger partial charge in [0.05, 0.1) is 11.6 Å². The highest BCUT2D eigenvalue weighted by Gasteiger charge is 2.61. The zero-order valence-electron chi connectivity index (χ0n) is 18.8. The van der Waals surface area contributed by atoms with Crippen LogP contribution in [-0.4, -0.2) is 12.1 Å². The van der Waals surface area contributed by atoms with Crippen molar-refractivity contribution in [3.05, 3.63) is 106 Å². The van der Waals surface area contributed by atoms with Crippen molar-refractivity contribution in [2.45, 2.75) is 37.7 Å². The molecular formula is C29H27N3O. The molecule has 3 aromatic rings. The maximum absolute atomic E-state index is 9.37. The molecule has 33 heavy (non-hydrogen) atoms. The number of nitriles is 1. The molecule has 2 N–H and O–H groups in total. The summed E-state index contributed by atoms with van der Waals surface area (Å²) in [6.45, 7) is 0. The van der Waals surface area contributed by atoms with Gasteiger partial charge in [-0.05, 0) is 89.8 Å². The van der Waals surface area contributed by atoms with Crippen molar-refractivity contribution in [3.8, 4) is 17.2 Å². The Morgan fingerprint density at radius 1 is 0.939 bits per heavy atom. The predicted molar refractivity (Wildman–Crippen MR) is 129 cm³/mol. The van der Waals surface area contributed by atoms with Crippen LogP contribution in [0, 0.1) is 16.7 Å². The van der Waals surface area contributed by atoms with Crippen LogP contribution in [0.4, 0.5) is 0 Å². The normalized spacial score (nSPS) is 25.5. The van der Waals surface area contributed by atoms with Crippen LogP contribution in [-0.2, 0) is 29.7 Å². The van der Waals surface area contributed by atoms with Gasteiger partial charge in [-0.1, -0.05) is 48.5 Å². The Kier molecular flexibility index (Phi) is 4.40. The number of hydroxylamine groups is 2. The molecule has 1 aliphatic heterocycles. The average molecular weight is 434 g/mol. The second-order valence-electron chi connectivity index (χ2n) is 9.71. The molecule has 0 bridgehead atoms. The Balaban J connectivity index is 1.53. The quantitative estimate of drug-likeness (QED) is 0.572. The summed E-state index contributed by atoms with van der Waals surface area (Å²) in [7, 11) is 1.90. The van der Waals surface area contributed by atoms with Crippen LogP contribution in [0.3, 0.4) is 0 Å². The Morgan fingerprint density at radius 3 is 2.52 bits per heavy atom. The van der Waals surface area contributed by atoms with E-state index in [1.165, 1.54) is 22.3 Å². The van der Waals surface area contributed by atoms with Crippen molar-refractivity contribution >= 4 is 0 Å². The van der Waals surface area contributed by atoms with Crippen molar-refractivity contribution in [1.82, 2.24) is 5.06 Å². The van der Waals surface area contributed by atoms with Gasteiger partial charge < -0.3 is 5.73 Å². The Morgan fingerprint density at radius 2 is 1.73 bits per heavy atom.